The van der Waals surface area contributed by atoms with Crippen LogP contribution in [0.2, 0.25) is 0 Å². The van der Waals surface area contributed by atoms with Gasteiger partial charge in [-0.25, -0.2) is 9.97 Å². The van der Waals surface area contributed by atoms with E-state index in [0.717, 1.165) is 38.4 Å². The Morgan fingerprint density at radius 1 is 1.00 bits per heavy atom. The molecule has 0 unspecified atom stereocenters. The Bertz CT molecular complexity index is 1230. The van der Waals surface area contributed by atoms with Crippen molar-refractivity contribution in [3.63, 3.8) is 0 Å². The second-order valence-electron chi connectivity index (χ2n) is 10.2. The van der Waals surface area contributed by atoms with Crippen LogP contribution in [0.4, 0.5) is 5.82 Å². The van der Waals surface area contributed by atoms with Crippen LogP contribution >= 0.6 is 0 Å². The average molecular weight is 489 g/mol. The summed E-state index contributed by atoms with van der Waals surface area (Å²) in [5.74, 6) is 1.34. The van der Waals surface area contributed by atoms with Gasteiger partial charge in [0.25, 0.3) is 5.56 Å². The molecule has 1 N–H and O–H groups in total. The topological polar surface area (TPSA) is 83.4 Å². The summed E-state index contributed by atoms with van der Waals surface area (Å²) in [5.41, 5.74) is 2.58. The van der Waals surface area contributed by atoms with Crippen LogP contribution < -0.4 is 15.8 Å². The fourth-order valence-corrected chi connectivity index (χ4v) is 5.54. The van der Waals surface area contributed by atoms with Crippen molar-refractivity contribution in [1.82, 2.24) is 24.8 Å². The SMILES string of the molecule is Cn1c(=O)c(N2CCC(C(=O)NCCN3CCC(Cc4ccccc4)CC3)CC2)nc2cccnc21. The highest BCUT2D eigenvalue weighted by Crippen LogP contribution is 2.23. The number of amides is 1. The highest BCUT2D eigenvalue weighted by molar-refractivity contribution is 5.79. The highest BCUT2D eigenvalue weighted by atomic mass is 16.2. The third-order valence-corrected chi connectivity index (χ3v) is 7.77. The van der Waals surface area contributed by atoms with Gasteiger partial charge in [0.15, 0.2) is 11.5 Å². The van der Waals surface area contributed by atoms with Crippen LogP contribution in [0.25, 0.3) is 11.2 Å². The number of carbonyl (C=O) groups excluding carboxylic acids is 1. The summed E-state index contributed by atoms with van der Waals surface area (Å²) in [6, 6.07) is 14.5. The van der Waals surface area contributed by atoms with Crippen molar-refractivity contribution in [3.8, 4) is 0 Å². The van der Waals surface area contributed by atoms with Gasteiger partial charge in [0.1, 0.15) is 5.52 Å². The van der Waals surface area contributed by atoms with E-state index in [1.807, 2.05) is 17.0 Å². The number of hydrogen-bond donors (Lipinski definition) is 1. The Hall–Kier alpha value is -3.26. The lowest BCUT2D eigenvalue weighted by molar-refractivity contribution is -0.125. The van der Waals surface area contributed by atoms with Crippen LogP contribution in [0, 0.1) is 11.8 Å². The van der Waals surface area contributed by atoms with Crippen LogP contribution in [-0.2, 0) is 18.3 Å². The number of carbonyl (C=O) groups is 1. The summed E-state index contributed by atoms with van der Waals surface area (Å²) in [5, 5.41) is 3.16. The monoisotopic (exact) mass is 488 g/mol. The minimum Gasteiger partial charge on any atom is -0.355 e. The van der Waals surface area contributed by atoms with Gasteiger partial charge in [-0.1, -0.05) is 30.3 Å². The van der Waals surface area contributed by atoms with Crippen molar-refractivity contribution in [2.75, 3.05) is 44.2 Å². The van der Waals surface area contributed by atoms with Crippen molar-refractivity contribution in [2.24, 2.45) is 18.9 Å². The van der Waals surface area contributed by atoms with Crippen molar-refractivity contribution in [3.05, 3.63) is 64.6 Å². The van der Waals surface area contributed by atoms with E-state index in [0.29, 0.717) is 36.6 Å². The van der Waals surface area contributed by atoms with Crippen molar-refractivity contribution < 1.29 is 4.79 Å². The number of nitrogens with zero attached hydrogens (tertiary/aromatic N) is 5. The van der Waals surface area contributed by atoms with Gasteiger partial charge in [-0.3, -0.25) is 14.2 Å². The molecule has 2 aliphatic heterocycles. The van der Waals surface area contributed by atoms with Gasteiger partial charge in [-0.05, 0) is 68.8 Å². The molecule has 8 heteroatoms. The zero-order valence-electron chi connectivity index (χ0n) is 21.1. The van der Waals surface area contributed by atoms with E-state index < -0.39 is 0 Å². The van der Waals surface area contributed by atoms with Crippen LogP contribution in [0.5, 0.6) is 0 Å². The molecule has 0 saturated carbocycles. The predicted molar refractivity (Wildman–Crippen MR) is 142 cm³/mol. The maximum absolute atomic E-state index is 12.8. The van der Waals surface area contributed by atoms with Crippen molar-refractivity contribution in [1.29, 1.82) is 0 Å². The first-order valence-corrected chi connectivity index (χ1v) is 13.2. The van der Waals surface area contributed by atoms with Crippen molar-refractivity contribution >= 4 is 22.9 Å². The highest BCUT2D eigenvalue weighted by Gasteiger charge is 2.27. The zero-order valence-corrected chi connectivity index (χ0v) is 21.1. The van der Waals surface area contributed by atoms with Crippen LogP contribution in [-0.4, -0.2) is 64.6 Å². The molecule has 3 aromatic rings. The summed E-state index contributed by atoms with van der Waals surface area (Å²) < 4.78 is 1.56. The number of anilines is 1. The van der Waals surface area contributed by atoms with Gasteiger partial charge in [-0.2, -0.15) is 0 Å². The predicted octanol–water partition coefficient (Wildman–Crippen LogP) is 2.62. The molecule has 0 spiro atoms. The molecule has 2 aromatic heterocycles. The van der Waals surface area contributed by atoms with Gasteiger partial charge in [-0.15, -0.1) is 0 Å². The average Bonchev–Trinajstić information content (AvgIpc) is 2.92. The molecule has 8 nitrogen and oxygen atoms in total. The third-order valence-electron chi connectivity index (χ3n) is 7.77. The van der Waals surface area contributed by atoms with Gasteiger partial charge >= 0.3 is 0 Å². The van der Waals surface area contributed by atoms with Crippen LogP contribution in [0.15, 0.2) is 53.5 Å². The molecule has 0 atom stereocenters. The molecular formula is C28H36N6O2. The molecule has 0 radical (unpaired) electrons. The van der Waals surface area contributed by atoms with E-state index >= 15 is 0 Å². The first-order chi connectivity index (χ1) is 17.6. The molecule has 0 bridgehead atoms. The van der Waals surface area contributed by atoms with Crippen molar-refractivity contribution in [2.45, 2.75) is 32.1 Å². The lowest BCUT2D eigenvalue weighted by Crippen LogP contribution is -2.45. The number of fused-ring (bicyclic) bond motifs is 1. The molecule has 1 amide bonds. The molecular weight excluding hydrogens is 452 g/mol. The quantitative estimate of drug-likeness (QED) is 0.551. The number of aryl methyl sites for hydroxylation is 1. The number of nitrogens with one attached hydrogen (secondary N) is 1. The first kappa shape index (κ1) is 24.4. The van der Waals surface area contributed by atoms with Gasteiger partial charge < -0.3 is 15.1 Å². The minimum absolute atomic E-state index is 0.0103. The van der Waals surface area contributed by atoms with E-state index in [9.17, 15) is 9.59 Å². The maximum atomic E-state index is 12.8. The number of pyridine rings is 1. The summed E-state index contributed by atoms with van der Waals surface area (Å²) in [4.78, 5) is 39.0. The normalized spacial score (nSPS) is 18.0. The summed E-state index contributed by atoms with van der Waals surface area (Å²) in [7, 11) is 1.73. The summed E-state index contributed by atoms with van der Waals surface area (Å²) in [6.45, 7) is 5.13. The number of rotatable bonds is 7. The van der Waals surface area contributed by atoms with E-state index in [2.05, 4.69) is 50.5 Å². The standard InChI is InChI=1S/C28H36N6O2/c1-32-25-24(8-5-13-29-25)31-26(28(32)36)34-17-11-23(12-18-34)27(35)30-14-19-33-15-9-22(10-16-33)20-21-6-3-2-4-7-21/h2-8,13,22-23H,9-12,14-20H2,1H3,(H,30,35). The lowest BCUT2D eigenvalue weighted by atomic mass is 9.90. The first-order valence-electron chi connectivity index (χ1n) is 13.2. The van der Waals surface area contributed by atoms with Gasteiger partial charge in [0.05, 0.1) is 0 Å². The Kier molecular flexibility index (Phi) is 7.60. The molecule has 4 heterocycles. The van der Waals surface area contributed by atoms with Gasteiger partial charge in [0.2, 0.25) is 5.91 Å². The maximum Gasteiger partial charge on any atom is 0.294 e. The molecule has 0 aliphatic carbocycles. The van der Waals surface area contributed by atoms with E-state index in [4.69, 9.17) is 0 Å². The van der Waals surface area contributed by atoms with E-state index in [1.54, 1.807) is 17.8 Å². The molecule has 36 heavy (non-hydrogen) atoms. The number of hydrogen-bond acceptors (Lipinski definition) is 6. The molecule has 2 fully saturated rings. The zero-order chi connectivity index (χ0) is 24.9. The Morgan fingerprint density at radius 2 is 1.75 bits per heavy atom. The number of piperidine rings is 2. The van der Waals surface area contributed by atoms with Crippen LogP contribution in [0.1, 0.15) is 31.2 Å². The largest absolute Gasteiger partial charge is 0.355 e. The minimum atomic E-state index is -0.142. The summed E-state index contributed by atoms with van der Waals surface area (Å²) >= 11 is 0. The fourth-order valence-electron chi connectivity index (χ4n) is 5.54. The molecule has 2 saturated heterocycles. The lowest BCUT2D eigenvalue weighted by Gasteiger charge is -2.33. The Balaban J connectivity index is 1.05. The Labute approximate surface area is 212 Å². The number of likely N-dealkylation sites (tertiary alicyclic amines) is 1. The second-order valence-corrected chi connectivity index (χ2v) is 10.2. The number of benzene rings is 1. The summed E-state index contributed by atoms with van der Waals surface area (Å²) in [6.07, 6.45) is 6.74. The van der Waals surface area contributed by atoms with Crippen LogP contribution in [0.3, 0.4) is 0 Å². The molecule has 1 aromatic carbocycles. The van der Waals surface area contributed by atoms with E-state index in [-0.39, 0.29) is 17.4 Å². The molecule has 5 rings (SSSR count). The third kappa shape index (κ3) is 5.59. The molecule has 2 aliphatic rings. The smallest absolute Gasteiger partial charge is 0.294 e. The fraction of sp³-hybridized carbons (Fsp3) is 0.500. The second kappa shape index (κ2) is 11.2. The number of aromatic nitrogens is 3. The van der Waals surface area contributed by atoms with E-state index in [1.165, 1.54) is 24.8 Å². The molecule has 190 valence electrons. The Morgan fingerprint density at radius 3 is 2.50 bits per heavy atom. The van der Waals surface area contributed by atoms with Gasteiger partial charge in [0, 0.05) is 45.3 Å².